The predicted molar refractivity (Wildman–Crippen MR) is 82.1 cm³/mol. The molecule has 21 heavy (non-hydrogen) atoms. The molecule has 0 aliphatic rings. The average Bonchev–Trinajstić information content (AvgIpc) is 2.88. The topological polar surface area (TPSA) is 79.5 Å². The number of rotatable bonds is 6. The molecule has 0 amide bonds. The Morgan fingerprint density at radius 1 is 1.33 bits per heavy atom. The number of aliphatic hydroxyl groups excluding tert-OH is 1. The molecule has 1 unspecified atom stereocenters. The van der Waals surface area contributed by atoms with Crippen LogP contribution < -0.4 is 4.72 Å². The summed E-state index contributed by atoms with van der Waals surface area (Å²) >= 11 is 3.06. The maximum absolute atomic E-state index is 12.4. The minimum Gasteiger partial charge on any atom is -0.450 e. The second kappa shape index (κ2) is 6.74. The van der Waals surface area contributed by atoms with E-state index in [1.807, 2.05) is 37.3 Å². The van der Waals surface area contributed by atoms with Crippen LogP contribution in [0.3, 0.4) is 0 Å². The highest BCUT2D eigenvalue weighted by molar-refractivity contribution is 9.10. The molecule has 5 nitrogen and oxygen atoms in total. The molecule has 0 saturated heterocycles. The molecule has 1 atom stereocenters. The maximum atomic E-state index is 12.4. The van der Waals surface area contributed by atoms with Crippen molar-refractivity contribution in [2.45, 2.75) is 30.9 Å². The normalized spacial score (nSPS) is 13.3. The van der Waals surface area contributed by atoms with E-state index in [-0.39, 0.29) is 28.0 Å². The molecule has 0 aliphatic carbocycles. The molecule has 7 heteroatoms. The molecular formula is C14H16BrNO4S. The van der Waals surface area contributed by atoms with Gasteiger partial charge in [-0.1, -0.05) is 37.3 Å². The van der Waals surface area contributed by atoms with Crippen molar-refractivity contribution >= 4 is 26.0 Å². The van der Waals surface area contributed by atoms with Gasteiger partial charge in [-0.05, 0) is 27.9 Å². The van der Waals surface area contributed by atoms with Gasteiger partial charge in [0.15, 0.2) is 4.67 Å². The van der Waals surface area contributed by atoms with Crippen molar-refractivity contribution < 1.29 is 17.9 Å². The van der Waals surface area contributed by atoms with Gasteiger partial charge >= 0.3 is 0 Å². The third kappa shape index (κ3) is 3.74. The van der Waals surface area contributed by atoms with E-state index >= 15 is 0 Å². The van der Waals surface area contributed by atoms with Gasteiger partial charge in [0, 0.05) is 12.1 Å². The smallest absolute Gasteiger partial charge is 0.245 e. The minimum atomic E-state index is -3.74. The lowest BCUT2D eigenvalue weighted by Crippen LogP contribution is -2.28. The van der Waals surface area contributed by atoms with Gasteiger partial charge in [0.05, 0.1) is 0 Å². The largest absolute Gasteiger partial charge is 0.450 e. The lowest BCUT2D eigenvalue weighted by Gasteiger charge is -2.17. The van der Waals surface area contributed by atoms with Crippen molar-refractivity contribution in [1.29, 1.82) is 0 Å². The Labute approximate surface area is 132 Å². The van der Waals surface area contributed by atoms with Crippen LogP contribution in [0.4, 0.5) is 0 Å². The van der Waals surface area contributed by atoms with Crippen molar-refractivity contribution in [1.82, 2.24) is 4.72 Å². The zero-order chi connectivity index (χ0) is 15.5. The standard InChI is InChI=1S/C14H16BrNO4S/c1-2-12(10-6-4-3-5-7-10)16-21(18,19)13-8-11(9-17)20-14(13)15/h3-8,12,16-17H,2,9H2,1H3. The molecule has 1 heterocycles. The summed E-state index contributed by atoms with van der Waals surface area (Å²) in [5, 5.41) is 9.02. The third-order valence-corrected chi connectivity index (χ3v) is 5.39. The second-order valence-electron chi connectivity index (χ2n) is 4.50. The maximum Gasteiger partial charge on any atom is 0.245 e. The zero-order valence-corrected chi connectivity index (χ0v) is 13.8. The number of nitrogens with one attached hydrogen (secondary N) is 1. The highest BCUT2D eigenvalue weighted by atomic mass is 79.9. The summed E-state index contributed by atoms with van der Waals surface area (Å²) in [6.45, 7) is 1.55. The summed E-state index contributed by atoms with van der Waals surface area (Å²) in [7, 11) is -3.74. The van der Waals surface area contributed by atoms with Crippen LogP contribution in [0.1, 0.15) is 30.7 Å². The quantitative estimate of drug-likeness (QED) is 0.815. The molecule has 0 radical (unpaired) electrons. The lowest BCUT2D eigenvalue weighted by atomic mass is 10.1. The van der Waals surface area contributed by atoms with E-state index in [0.29, 0.717) is 6.42 Å². The Morgan fingerprint density at radius 2 is 2.00 bits per heavy atom. The van der Waals surface area contributed by atoms with Gasteiger partial charge in [-0.25, -0.2) is 13.1 Å². The zero-order valence-electron chi connectivity index (χ0n) is 11.4. The minimum absolute atomic E-state index is 0.0130. The van der Waals surface area contributed by atoms with E-state index in [9.17, 15) is 8.42 Å². The van der Waals surface area contributed by atoms with Gasteiger partial charge < -0.3 is 9.52 Å². The molecule has 1 aromatic heterocycles. The second-order valence-corrected chi connectivity index (χ2v) is 6.90. The fourth-order valence-electron chi connectivity index (χ4n) is 1.98. The molecule has 0 aliphatic heterocycles. The summed E-state index contributed by atoms with van der Waals surface area (Å²) in [6.07, 6.45) is 0.617. The van der Waals surface area contributed by atoms with E-state index in [4.69, 9.17) is 9.52 Å². The Kier molecular flexibility index (Phi) is 5.21. The summed E-state index contributed by atoms with van der Waals surface area (Å²) in [4.78, 5) is -0.0130. The van der Waals surface area contributed by atoms with Crippen LogP contribution in [0, 0.1) is 0 Å². The Balaban J connectivity index is 2.29. The summed E-state index contributed by atoms with van der Waals surface area (Å²) in [5.74, 6) is 0.190. The van der Waals surface area contributed by atoms with E-state index in [1.165, 1.54) is 6.07 Å². The first-order valence-electron chi connectivity index (χ1n) is 6.44. The summed E-state index contributed by atoms with van der Waals surface area (Å²) in [5.41, 5.74) is 0.894. The van der Waals surface area contributed by atoms with Crippen LogP contribution in [-0.4, -0.2) is 13.5 Å². The highest BCUT2D eigenvalue weighted by Gasteiger charge is 2.25. The molecular weight excluding hydrogens is 358 g/mol. The van der Waals surface area contributed by atoms with Gasteiger partial charge in [0.2, 0.25) is 10.0 Å². The van der Waals surface area contributed by atoms with E-state index in [2.05, 4.69) is 20.7 Å². The van der Waals surface area contributed by atoms with Gasteiger partial charge in [0.25, 0.3) is 0 Å². The number of sulfonamides is 1. The predicted octanol–water partition coefficient (Wildman–Crippen LogP) is 2.96. The van der Waals surface area contributed by atoms with Crippen LogP contribution in [0.2, 0.25) is 0 Å². The molecule has 0 spiro atoms. The van der Waals surface area contributed by atoms with Crippen molar-refractivity contribution in [3.63, 3.8) is 0 Å². The van der Waals surface area contributed by atoms with Gasteiger partial charge in [-0.3, -0.25) is 0 Å². The first-order valence-corrected chi connectivity index (χ1v) is 8.72. The van der Waals surface area contributed by atoms with Crippen LogP contribution >= 0.6 is 15.9 Å². The van der Waals surface area contributed by atoms with E-state index in [1.54, 1.807) is 0 Å². The Hall–Kier alpha value is -1.15. The average molecular weight is 374 g/mol. The molecule has 0 saturated carbocycles. The van der Waals surface area contributed by atoms with Crippen LogP contribution in [-0.2, 0) is 16.6 Å². The molecule has 2 aromatic rings. The molecule has 0 fully saturated rings. The van der Waals surface area contributed by atoms with Crippen molar-refractivity contribution in [3.8, 4) is 0 Å². The molecule has 114 valence electrons. The number of hydrogen-bond donors (Lipinski definition) is 2. The number of hydrogen-bond acceptors (Lipinski definition) is 4. The first-order chi connectivity index (χ1) is 9.97. The molecule has 1 aromatic carbocycles. The highest BCUT2D eigenvalue weighted by Crippen LogP contribution is 2.28. The molecule has 2 rings (SSSR count). The monoisotopic (exact) mass is 373 g/mol. The molecule has 2 N–H and O–H groups in total. The number of furan rings is 1. The van der Waals surface area contributed by atoms with Gasteiger partial charge in [-0.15, -0.1) is 0 Å². The lowest BCUT2D eigenvalue weighted by molar-refractivity contribution is 0.245. The SMILES string of the molecule is CCC(NS(=O)(=O)c1cc(CO)oc1Br)c1ccccc1. The number of halogens is 1. The fourth-order valence-corrected chi connectivity index (χ4v) is 4.29. The first kappa shape index (κ1) is 16.2. The molecule has 0 bridgehead atoms. The van der Waals surface area contributed by atoms with Crippen molar-refractivity contribution in [2.24, 2.45) is 0 Å². The number of aliphatic hydroxyl groups is 1. The summed E-state index contributed by atoms with van der Waals surface area (Å²) in [6, 6.07) is 10.3. The van der Waals surface area contributed by atoms with Crippen LogP contribution in [0.25, 0.3) is 0 Å². The van der Waals surface area contributed by atoms with Crippen LogP contribution in [0.15, 0.2) is 50.4 Å². The van der Waals surface area contributed by atoms with E-state index < -0.39 is 10.0 Å². The van der Waals surface area contributed by atoms with Gasteiger partial charge in [-0.2, -0.15) is 0 Å². The van der Waals surface area contributed by atoms with Gasteiger partial charge in [0.1, 0.15) is 17.3 Å². The van der Waals surface area contributed by atoms with Crippen LogP contribution in [0.5, 0.6) is 0 Å². The Morgan fingerprint density at radius 3 is 2.52 bits per heavy atom. The third-order valence-electron chi connectivity index (χ3n) is 3.06. The Bertz CT molecular complexity index is 697. The fraction of sp³-hybridized carbons (Fsp3) is 0.286. The van der Waals surface area contributed by atoms with Crippen molar-refractivity contribution in [3.05, 3.63) is 52.4 Å². The number of benzene rings is 1. The van der Waals surface area contributed by atoms with Crippen molar-refractivity contribution in [2.75, 3.05) is 0 Å². The summed E-state index contributed by atoms with van der Waals surface area (Å²) < 4.78 is 32.7. The van der Waals surface area contributed by atoms with E-state index in [0.717, 1.165) is 5.56 Å².